The van der Waals surface area contributed by atoms with Crippen molar-refractivity contribution < 1.29 is 19.4 Å². The molecule has 2 aromatic carbocycles. The van der Waals surface area contributed by atoms with E-state index < -0.39 is 0 Å². The Balaban J connectivity index is 1.84. The van der Waals surface area contributed by atoms with Crippen LogP contribution in [0.2, 0.25) is 0 Å². The van der Waals surface area contributed by atoms with Gasteiger partial charge in [0.1, 0.15) is 0 Å². The van der Waals surface area contributed by atoms with Gasteiger partial charge in [0.2, 0.25) is 0 Å². The molecule has 0 saturated heterocycles. The number of nitrogens with one attached hydrogen (secondary N) is 1. The number of halogens is 2. The van der Waals surface area contributed by atoms with Crippen molar-refractivity contribution >= 4 is 49.7 Å². The number of carbonyl (C=O) groups excluding carboxylic acids is 1. The SMILES string of the molecule is CCOc1cc(C(=O)Nc2c(Br)cc(Br)cc2/C=N/C2CCC(O)CC2)ccc1OC. The molecule has 166 valence electrons. The number of hydrogen-bond acceptors (Lipinski definition) is 5. The van der Waals surface area contributed by atoms with Gasteiger partial charge < -0.3 is 19.9 Å². The van der Waals surface area contributed by atoms with Crippen LogP contribution >= 0.6 is 31.9 Å². The van der Waals surface area contributed by atoms with E-state index in [1.807, 2.05) is 19.1 Å². The Morgan fingerprint density at radius 3 is 2.61 bits per heavy atom. The summed E-state index contributed by atoms with van der Waals surface area (Å²) in [4.78, 5) is 17.7. The number of amides is 1. The molecule has 0 aromatic heterocycles. The zero-order valence-electron chi connectivity index (χ0n) is 17.5. The van der Waals surface area contributed by atoms with Crippen LogP contribution in [0.25, 0.3) is 0 Å². The van der Waals surface area contributed by atoms with Crippen LogP contribution in [0.1, 0.15) is 48.5 Å². The van der Waals surface area contributed by atoms with Crippen molar-refractivity contribution in [3.8, 4) is 11.5 Å². The highest BCUT2D eigenvalue weighted by atomic mass is 79.9. The number of aliphatic hydroxyl groups excluding tert-OH is 1. The molecule has 3 rings (SSSR count). The molecule has 2 aromatic rings. The minimum atomic E-state index is -0.262. The van der Waals surface area contributed by atoms with Crippen LogP contribution < -0.4 is 14.8 Å². The van der Waals surface area contributed by atoms with Crippen LogP contribution in [0, 0.1) is 0 Å². The molecule has 1 saturated carbocycles. The first-order chi connectivity index (χ1) is 14.9. The molecular weight excluding hydrogens is 528 g/mol. The van der Waals surface area contributed by atoms with Gasteiger partial charge in [-0.1, -0.05) is 15.9 Å². The Hall–Kier alpha value is -1.90. The van der Waals surface area contributed by atoms with Gasteiger partial charge in [-0.05, 0) is 78.9 Å². The third-order valence-electron chi connectivity index (χ3n) is 5.14. The summed E-state index contributed by atoms with van der Waals surface area (Å²) >= 11 is 7.06. The Morgan fingerprint density at radius 1 is 1.19 bits per heavy atom. The third-order valence-corrected chi connectivity index (χ3v) is 6.22. The molecule has 31 heavy (non-hydrogen) atoms. The molecule has 1 aliphatic rings. The minimum Gasteiger partial charge on any atom is -0.493 e. The lowest BCUT2D eigenvalue weighted by atomic mass is 9.93. The van der Waals surface area contributed by atoms with E-state index in [0.717, 1.165) is 40.2 Å². The molecule has 0 aliphatic heterocycles. The van der Waals surface area contributed by atoms with Gasteiger partial charge in [-0.2, -0.15) is 0 Å². The van der Waals surface area contributed by atoms with Gasteiger partial charge in [0, 0.05) is 26.3 Å². The molecule has 1 aliphatic carbocycles. The van der Waals surface area contributed by atoms with Crippen LogP contribution in [0.3, 0.4) is 0 Å². The molecule has 0 radical (unpaired) electrons. The van der Waals surface area contributed by atoms with Crippen LogP contribution in [-0.2, 0) is 0 Å². The Bertz CT molecular complexity index is 957. The van der Waals surface area contributed by atoms with Crippen LogP contribution in [0.15, 0.2) is 44.3 Å². The maximum Gasteiger partial charge on any atom is 0.255 e. The number of methoxy groups -OCH3 is 1. The quantitative estimate of drug-likeness (QED) is 0.438. The number of benzene rings is 2. The highest BCUT2D eigenvalue weighted by Crippen LogP contribution is 2.32. The van der Waals surface area contributed by atoms with Crippen molar-refractivity contribution in [3.63, 3.8) is 0 Å². The van der Waals surface area contributed by atoms with E-state index in [2.05, 4.69) is 37.2 Å². The van der Waals surface area contributed by atoms with Crippen molar-refractivity contribution in [2.45, 2.75) is 44.8 Å². The molecule has 0 bridgehead atoms. The summed E-state index contributed by atoms with van der Waals surface area (Å²) in [5.74, 6) is 0.838. The minimum absolute atomic E-state index is 0.181. The number of aliphatic imine (C=N–C) groups is 1. The van der Waals surface area contributed by atoms with Crippen molar-refractivity contribution in [2.75, 3.05) is 19.0 Å². The summed E-state index contributed by atoms with van der Waals surface area (Å²) in [5, 5.41) is 12.7. The van der Waals surface area contributed by atoms with E-state index in [9.17, 15) is 9.90 Å². The lowest BCUT2D eigenvalue weighted by Gasteiger charge is -2.22. The normalized spacial score (nSPS) is 18.7. The van der Waals surface area contributed by atoms with E-state index >= 15 is 0 Å². The summed E-state index contributed by atoms with van der Waals surface area (Å²) in [6, 6.07) is 9.07. The molecule has 1 amide bonds. The van der Waals surface area contributed by atoms with E-state index in [1.54, 1.807) is 31.5 Å². The average molecular weight is 554 g/mol. The van der Waals surface area contributed by atoms with E-state index in [1.165, 1.54) is 0 Å². The second kappa shape index (κ2) is 11.1. The number of nitrogens with zero attached hydrogens (tertiary/aromatic N) is 1. The van der Waals surface area contributed by atoms with Gasteiger partial charge in [0.15, 0.2) is 11.5 Å². The van der Waals surface area contributed by atoms with Gasteiger partial charge in [-0.15, -0.1) is 0 Å². The maximum absolute atomic E-state index is 13.0. The molecule has 2 N–H and O–H groups in total. The molecule has 0 spiro atoms. The molecule has 0 heterocycles. The van der Waals surface area contributed by atoms with Crippen LogP contribution in [0.4, 0.5) is 5.69 Å². The number of rotatable bonds is 7. The van der Waals surface area contributed by atoms with Gasteiger partial charge in [-0.25, -0.2) is 0 Å². The summed E-state index contributed by atoms with van der Waals surface area (Å²) in [7, 11) is 1.56. The molecule has 1 fully saturated rings. The maximum atomic E-state index is 13.0. The fraction of sp³-hybridized carbons (Fsp3) is 0.391. The molecule has 6 nitrogen and oxygen atoms in total. The Labute approximate surface area is 199 Å². The first kappa shape index (κ1) is 23.8. The zero-order chi connectivity index (χ0) is 22.4. The number of carbonyl (C=O) groups is 1. The Morgan fingerprint density at radius 2 is 1.94 bits per heavy atom. The molecule has 0 unspecified atom stereocenters. The van der Waals surface area contributed by atoms with Gasteiger partial charge >= 0.3 is 0 Å². The van der Waals surface area contributed by atoms with E-state index in [4.69, 9.17) is 14.5 Å². The first-order valence-corrected chi connectivity index (χ1v) is 11.8. The standard InChI is InChI=1S/C23H26Br2N2O4/c1-3-31-21-11-14(4-9-20(21)30-2)23(29)27-22-15(10-16(24)12-19(22)25)13-26-17-5-7-18(28)8-6-17/h4,9-13,17-18,28H,3,5-8H2,1-2H3,(H,27,29)/b26-13+. The summed E-state index contributed by atoms with van der Waals surface area (Å²) in [6.45, 7) is 2.35. The van der Waals surface area contributed by atoms with E-state index in [-0.39, 0.29) is 18.1 Å². The molecule has 8 heteroatoms. The van der Waals surface area contributed by atoms with Crippen LogP contribution in [-0.4, -0.2) is 43.1 Å². The zero-order valence-corrected chi connectivity index (χ0v) is 20.7. The highest BCUT2D eigenvalue weighted by Gasteiger charge is 2.19. The van der Waals surface area contributed by atoms with E-state index in [0.29, 0.717) is 29.4 Å². The number of anilines is 1. The largest absolute Gasteiger partial charge is 0.493 e. The number of aliphatic hydroxyl groups is 1. The summed E-state index contributed by atoms with van der Waals surface area (Å²) < 4.78 is 12.5. The van der Waals surface area contributed by atoms with Crippen molar-refractivity contribution in [1.82, 2.24) is 0 Å². The topological polar surface area (TPSA) is 80.2 Å². The highest BCUT2D eigenvalue weighted by molar-refractivity contribution is 9.11. The average Bonchev–Trinajstić information content (AvgIpc) is 2.75. The second-order valence-electron chi connectivity index (χ2n) is 7.35. The third kappa shape index (κ3) is 6.30. The second-order valence-corrected chi connectivity index (χ2v) is 9.12. The van der Waals surface area contributed by atoms with Crippen molar-refractivity contribution in [3.05, 3.63) is 50.4 Å². The summed E-state index contributed by atoms with van der Waals surface area (Å²) in [5.41, 5.74) is 1.89. The predicted octanol–water partition coefficient (Wildman–Crippen LogP) is 5.59. The predicted molar refractivity (Wildman–Crippen MR) is 130 cm³/mol. The van der Waals surface area contributed by atoms with Gasteiger partial charge in [0.25, 0.3) is 5.91 Å². The first-order valence-electron chi connectivity index (χ1n) is 10.2. The molecular formula is C23H26Br2N2O4. The monoisotopic (exact) mass is 552 g/mol. The van der Waals surface area contributed by atoms with Gasteiger partial charge in [0.05, 0.1) is 31.5 Å². The number of ether oxygens (including phenoxy) is 2. The van der Waals surface area contributed by atoms with Crippen molar-refractivity contribution in [1.29, 1.82) is 0 Å². The fourth-order valence-corrected chi connectivity index (χ4v) is 4.85. The van der Waals surface area contributed by atoms with Crippen molar-refractivity contribution in [2.24, 2.45) is 4.99 Å². The van der Waals surface area contributed by atoms with Gasteiger partial charge in [-0.3, -0.25) is 9.79 Å². The molecule has 0 atom stereocenters. The summed E-state index contributed by atoms with van der Waals surface area (Å²) in [6.07, 6.45) is 4.85. The Kier molecular flexibility index (Phi) is 8.51. The van der Waals surface area contributed by atoms with Crippen LogP contribution in [0.5, 0.6) is 11.5 Å². The fourth-order valence-electron chi connectivity index (χ4n) is 3.49. The smallest absolute Gasteiger partial charge is 0.255 e. The lowest BCUT2D eigenvalue weighted by molar-refractivity contribution is 0.102. The number of hydrogen-bond donors (Lipinski definition) is 2. The lowest BCUT2D eigenvalue weighted by Crippen LogP contribution is -2.20.